The van der Waals surface area contributed by atoms with Gasteiger partial charge in [0.15, 0.2) is 11.5 Å². The molecule has 5 heteroatoms. The topological polar surface area (TPSA) is 65.7 Å². The lowest BCUT2D eigenvalue weighted by Crippen LogP contribution is -2.43. The van der Waals surface area contributed by atoms with Crippen molar-refractivity contribution in [2.75, 3.05) is 40.0 Å². The Morgan fingerprint density at radius 3 is 2.61 bits per heavy atom. The first-order chi connectivity index (χ1) is 11.2. The standard InChI is InChI=1S/C18H26N2O3/c1-3-18(14-21)6-8-20(9-7-18)10-11-23-16-5-4-15(13-19)12-17(16)22-2/h4-5,12,21H,3,6-11,14H2,1-2H3. The monoisotopic (exact) mass is 318 g/mol. The van der Waals surface area contributed by atoms with Crippen LogP contribution in [0.3, 0.4) is 0 Å². The summed E-state index contributed by atoms with van der Waals surface area (Å²) in [6, 6.07) is 7.29. The lowest BCUT2D eigenvalue weighted by molar-refractivity contribution is 0.0365. The number of hydrogen-bond donors (Lipinski definition) is 1. The van der Waals surface area contributed by atoms with Gasteiger partial charge < -0.3 is 14.6 Å². The second-order valence-corrected chi connectivity index (χ2v) is 6.18. The summed E-state index contributed by atoms with van der Waals surface area (Å²) in [5.74, 6) is 1.26. The highest BCUT2D eigenvalue weighted by Gasteiger charge is 2.32. The number of aliphatic hydroxyl groups excluding tert-OH is 1. The summed E-state index contributed by atoms with van der Waals surface area (Å²) in [6.45, 7) is 5.89. The first-order valence-electron chi connectivity index (χ1n) is 8.20. The molecule has 5 nitrogen and oxygen atoms in total. The van der Waals surface area contributed by atoms with Crippen molar-refractivity contribution >= 4 is 0 Å². The molecule has 1 N–H and O–H groups in total. The van der Waals surface area contributed by atoms with Gasteiger partial charge >= 0.3 is 0 Å². The van der Waals surface area contributed by atoms with Gasteiger partial charge in [-0.15, -0.1) is 0 Å². The molecule has 126 valence electrons. The Morgan fingerprint density at radius 2 is 2.04 bits per heavy atom. The fourth-order valence-corrected chi connectivity index (χ4v) is 3.02. The summed E-state index contributed by atoms with van der Waals surface area (Å²) < 4.78 is 11.1. The van der Waals surface area contributed by atoms with Crippen LogP contribution in [-0.2, 0) is 0 Å². The van der Waals surface area contributed by atoms with Crippen LogP contribution in [-0.4, -0.2) is 50.0 Å². The normalized spacial score (nSPS) is 17.5. The fraction of sp³-hybridized carbons (Fsp3) is 0.611. The van der Waals surface area contributed by atoms with E-state index in [0.29, 0.717) is 23.7 Å². The van der Waals surface area contributed by atoms with Crippen molar-refractivity contribution in [2.45, 2.75) is 26.2 Å². The van der Waals surface area contributed by atoms with E-state index in [2.05, 4.69) is 17.9 Å². The molecule has 0 radical (unpaired) electrons. The third-order valence-corrected chi connectivity index (χ3v) is 4.96. The van der Waals surface area contributed by atoms with Crippen molar-refractivity contribution < 1.29 is 14.6 Å². The summed E-state index contributed by atoms with van der Waals surface area (Å²) in [7, 11) is 1.58. The van der Waals surface area contributed by atoms with E-state index >= 15 is 0 Å². The van der Waals surface area contributed by atoms with E-state index in [-0.39, 0.29) is 12.0 Å². The van der Waals surface area contributed by atoms with Crippen LogP contribution in [0.2, 0.25) is 0 Å². The zero-order valence-electron chi connectivity index (χ0n) is 14.0. The van der Waals surface area contributed by atoms with Crippen LogP contribution in [0.25, 0.3) is 0 Å². The van der Waals surface area contributed by atoms with Gasteiger partial charge in [-0.25, -0.2) is 0 Å². The molecule has 1 fully saturated rings. The number of nitrogens with zero attached hydrogens (tertiary/aromatic N) is 2. The van der Waals surface area contributed by atoms with Crippen LogP contribution < -0.4 is 9.47 Å². The minimum absolute atomic E-state index is 0.119. The van der Waals surface area contributed by atoms with Crippen molar-refractivity contribution in [3.63, 3.8) is 0 Å². The molecule has 0 saturated carbocycles. The van der Waals surface area contributed by atoms with E-state index < -0.39 is 0 Å². The van der Waals surface area contributed by atoms with Crippen LogP contribution >= 0.6 is 0 Å². The number of hydrogen-bond acceptors (Lipinski definition) is 5. The second-order valence-electron chi connectivity index (χ2n) is 6.18. The van der Waals surface area contributed by atoms with E-state index in [1.54, 1.807) is 25.3 Å². The molecule has 0 atom stereocenters. The van der Waals surface area contributed by atoms with Gasteiger partial charge in [0.2, 0.25) is 0 Å². The highest BCUT2D eigenvalue weighted by Crippen LogP contribution is 2.34. The quantitative estimate of drug-likeness (QED) is 0.836. The van der Waals surface area contributed by atoms with Gasteiger partial charge in [0.25, 0.3) is 0 Å². The minimum atomic E-state index is 0.119. The summed E-state index contributed by atoms with van der Waals surface area (Å²) >= 11 is 0. The van der Waals surface area contributed by atoms with Crippen molar-refractivity contribution in [2.24, 2.45) is 5.41 Å². The third kappa shape index (κ3) is 4.37. The predicted molar refractivity (Wildman–Crippen MR) is 88.7 cm³/mol. The predicted octanol–water partition coefficient (Wildman–Crippen LogP) is 2.43. The Kier molecular flexibility index (Phi) is 6.26. The number of likely N-dealkylation sites (tertiary alicyclic amines) is 1. The van der Waals surface area contributed by atoms with Gasteiger partial charge in [0.05, 0.1) is 18.7 Å². The fourth-order valence-electron chi connectivity index (χ4n) is 3.02. The smallest absolute Gasteiger partial charge is 0.162 e. The molecule has 1 aliphatic rings. The maximum Gasteiger partial charge on any atom is 0.162 e. The van der Waals surface area contributed by atoms with Crippen molar-refractivity contribution in [1.82, 2.24) is 4.90 Å². The largest absolute Gasteiger partial charge is 0.493 e. The van der Waals surface area contributed by atoms with Crippen LogP contribution in [0.1, 0.15) is 31.7 Å². The molecule has 0 aliphatic carbocycles. The van der Waals surface area contributed by atoms with E-state index in [9.17, 15) is 5.11 Å². The lowest BCUT2D eigenvalue weighted by Gasteiger charge is -2.40. The Labute approximate surface area is 138 Å². The second kappa shape index (κ2) is 8.19. The van der Waals surface area contributed by atoms with Crippen LogP contribution in [0.15, 0.2) is 18.2 Å². The number of rotatable bonds is 7. The molecule has 2 rings (SSSR count). The van der Waals surface area contributed by atoms with Crippen molar-refractivity contribution in [3.8, 4) is 17.6 Å². The summed E-state index contributed by atoms with van der Waals surface area (Å²) in [4.78, 5) is 2.37. The summed E-state index contributed by atoms with van der Waals surface area (Å²) in [6.07, 6.45) is 3.12. The average Bonchev–Trinajstić information content (AvgIpc) is 2.62. The van der Waals surface area contributed by atoms with Gasteiger partial charge in [0.1, 0.15) is 6.61 Å². The number of piperidine rings is 1. The molecule has 1 saturated heterocycles. The SMILES string of the molecule is CCC1(CO)CCN(CCOc2ccc(C#N)cc2OC)CC1. The van der Waals surface area contributed by atoms with E-state index in [1.807, 2.05) is 0 Å². The minimum Gasteiger partial charge on any atom is -0.493 e. The van der Waals surface area contributed by atoms with Crippen LogP contribution in [0, 0.1) is 16.7 Å². The summed E-state index contributed by atoms with van der Waals surface area (Å²) in [5, 5.41) is 18.5. The van der Waals surface area contributed by atoms with Crippen molar-refractivity contribution in [1.29, 1.82) is 5.26 Å². The van der Waals surface area contributed by atoms with Gasteiger partial charge in [-0.05, 0) is 49.9 Å². The Balaban J connectivity index is 1.81. The number of aliphatic hydroxyl groups is 1. The van der Waals surface area contributed by atoms with Gasteiger partial charge in [-0.2, -0.15) is 5.26 Å². The maximum absolute atomic E-state index is 9.57. The van der Waals surface area contributed by atoms with E-state index in [0.717, 1.165) is 38.9 Å². The molecule has 1 heterocycles. The molecular weight excluding hydrogens is 292 g/mol. The van der Waals surface area contributed by atoms with E-state index in [1.165, 1.54) is 0 Å². The Bertz CT molecular complexity index is 540. The first-order valence-corrected chi connectivity index (χ1v) is 8.20. The molecule has 1 aromatic rings. The molecule has 1 aliphatic heterocycles. The Morgan fingerprint density at radius 1 is 1.30 bits per heavy atom. The molecule has 0 unspecified atom stereocenters. The third-order valence-electron chi connectivity index (χ3n) is 4.96. The first kappa shape index (κ1) is 17.6. The average molecular weight is 318 g/mol. The zero-order chi connectivity index (χ0) is 16.7. The molecule has 1 aromatic carbocycles. The van der Waals surface area contributed by atoms with Gasteiger partial charge in [0, 0.05) is 19.2 Å². The number of ether oxygens (including phenoxy) is 2. The van der Waals surface area contributed by atoms with E-state index in [4.69, 9.17) is 14.7 Å². The molecular formula is C18H26N2O3. The number of methoxy groups -OCH3 is 1. The lowest BCUT2D eigenvalue weighted by atomic mass is 9.77. The highest BCUT2D eigenvalue weighted by molar-refractivity contribution is 5.46. The van der Waals surface area contributed by atoms with Gasteiger partial charge in [-0.1, -0.05) is 6.92 Å². The molecule has 0 spiro atoms. The molecule has 0 amide bonds. The summed E-state index contributed by atoms with van der Waals surface area (Å²) in [5.41, 5.74) is 0.679. The van der Waals surface area contributed by atoms with Crippen LogP contribution in [0.4, 0.5) is 0 Å². The molecule has 23 heavy (non-hydrogen) atoms. The van der Waals surface area contributed by atoms with Crippen LogP contribution in [0.5, 0.6) is 11.5 Å². The number of benzene rings is 1. The molecule has 0 bridgehead atoms. The zero-order valence-corrected chi connectivity index (χ0v) is 14.0. The highest BCUT2D eigenvalue weighted by atomic mass is 16.5. The van der Waals surface area contributed by atoms with Gasteiger partial charge in [-0.3, -0.25) is 4.90 Å². The number of nitriles is 1. The maximum atomic E-state index is 9.57. The Hall–Kier alpha value is -1.77. The molecule has 0 aromatic heterocycles. The van der Waals surface area contributed by atoms with Crippen molar-refractivity contribution in [3.05, 3.63) is 23.8 Å².